The third-order valence-electron chi connectivity index (χ3n) is 3.31. The second kappa shape index (κ2) is 8.76. The quantitative estimate of drug-likeness (QED) is 0.521. The number of benzene rings is 2. The first kappa shape index (κ1) is 18.4. The lowest BCUT2D eigenvalue weighted by molar-refractivity contribution is -0.141. The number of carbonyl (C=O) groups excluding carboxylic acids is 1. The molecule has 1 N–H and O–H groups in total. The molecule has 0 unspecified atom stereocenters. The molecule has 0 radical (unpaired) electrons. The average Bonchev–Trinajstić information content (AvgIpc) is 2.52. The number of halogens is 2. The molecule has 0 amide bonds. The van der Waals surface area contributed by atoms with E-state index in [0.29, 0.717) is 15.7 Å². The summed E-state index contributed by atoms with van der Waals surface area (Å²) in [4.78, 5) is 12.0. The van der Waals surface area contributed by atoms with Crippen molar-refractivity contribution in [3.05, 3.63) is 69.7 Å². The maximum atomic E-state index is 12.0. The van der Waals surface area contributed by atoms with E-state index in [1.165, 1.54) is 0 Å². The van der Waals surface area contributed by atoms with Crippen LogP contribution in [0.4, 0.5) is 11.4 Å². The Morgan fingerprint density at radius 3 is 2.42 bits per heavy atom. The van der Waals surface area contributed by atoms with Crippen molar-refractivity contribution in [2.75, 3.05) is 11.9 Å². The van der Waals surface area contributed by atoms with Gasteiger partial charge in [0.05, 0.1) is 22.2 Å². The van der Waals surface area contributed by atoms with Gasteiger partial charge in [0, 0.05) is 5.69 Å². The van der Waals surface area contributed by atoms with Crippen LogP contribution in [0.5, 0.6) is 0 Å². The number of hydrogen-bond donors (Lipinski definition) is 1. The summed E-state index contributed by atoms with van der Waals surface area (Å²) >= 11 is 12.4. The van der Waals surface area contributed by atoms with Crippen LogP contribution in [-0.4, -0.2) is 12.6 Å². The van der Waals surface area contributed by atoms with Crippen molar-refractivity contribution in [3.63, 3.8) is 0 Å². The van der Waals surface area contributed by atoms with Gasteiger partial charge in [-0.3, -0.25) is 4.79 Å². The van der Waals surface area contributed by atoms with Gasteiger partial charge in [0.2, 0.25) is 0 Å². The Balaban J connectivity index is 2.13. The summed E-state index contributed by atoms with van der Waals surface area (Å²) in [6.45, 7) is 4.20. The highest BCUT2D eigenvalue weighted by Gasteiger charge is 2.11. The van der Waals surface area contributed by atoms with Gasteiger partial charge in [0.15, 0.2) is 0 Å². The zero-order valence-corrected chi connectivity index (χ0v) is 15.1. The van der Waals surface area contributed by atoms with Gasteiger partial charge >= 0.3 is 5.97 Å². The van der Waals surface area contributed by atoms with Crippen molar-refractivity contribution < 1.29 is 9.53 Å². The Bertz CT molecular complexity index is 733. The molecule has 0 spiro atoms. The third-order valence-corrected chi connectivity index (χ3v) is 3.94. The lowest BCUT2D eigenvalue weighted by Gasteiger charge is -2.14. The van der Waals surface area contributed by atoms with Crippen molar-refractivity contribution in [2.45, 2.75) is 20.3 Å². The molecule has 0 heterocycles. The number of rotatable bonds is 6. The van der Waals surface area contributed by atoms with Crippen LogP contribution in [0.2, 0.25) is 10.0 Å². The Labute approximate surface area is 152 Å². The monoisotopic (exact) mass is 363 g/mol. The molecule has 0 atom stereocenters. The number of carbonyl (C=O) groups is 1. The molecule has 5 heteroatoms. The first-order chi connectivity index (χ1) is 11.5. The fraction of sp³-hybridized carbons (Fsp3) is 0.211. The number of esters is 1. The summed E-state index contributed by atoms with van der Waals surface area (Å²) < 4.78 is 5.21. The Kier molecular flexibility index (Phi) is 6.71. The molecule has 0 aliphatic rings. The zero-order valence-electron chi connectivity index (χ0n) is 13.6. The summed E-state index contributed by atoms with van der Waals surface area (Å²) in [6, 6.07) is 12.8. The standard InChI is InChI=1S/C19H19Cl2NO2/c1-13(2)10-11-24-18(23)12-14-6-3-4-9-17(14)22-19-15(20)7-5-8-16(19)21/h3-10,22H,11-12H2,1-2H3. The fourth-order valence-corrected chi connectivity index (χ4v) is 2.55. The summed E-state index contributed by atoms with van der Waals surface area (Å²) in [7, 11) is 0. The molecule has 2 rings (SSSR count). The Hall–Kier alpha value is -1.97. The molecule has 126 valence electrons. The molecular formula is C19H19Cl2NO2. The highest BCUT2D eigenvalue weighted by atomic mass is 35.5. The van der Waals surface area contributed by atoms with Crippen LogP contribution in [0.1, 0.15) is 19.4 Å². The number of allylic oxidation sites excluding steroid dienone is 1. The van der Waals surface area contributed by atoms with E-state index in [-0.39, 0.29) is 19.0 Å². The van der Waals surface area contributed by atoms with E-state index in [4.69, 9.17) is 27.9 Å². The highest BCUT2D eigenvalue weighted by Crippen LogP contribution is 2.33. The SMILES string of the molecule is CC(C)=CCOC(=O)Cc1ccccc1Nc1c(Cl)cccc1Cl. The minimum absolute atomic E-state index is 0.168. The van der Waals surface area contributed by atoms with Gasteiger partial charge in [0.25, 0.3) is 0 Å². The first-order valence-electron chi connectivity index (χ1n) is 7.55. The Morgan fingerprint density at radius 2 is 1.75 bits per heavy atom. The van der Waals surface area contributed by atoms with Crippen molar-refractivity contribution >= 4 is 40.5 Å². The largest absolute Gasteiger partial charge is 0.461 e. The van der Waals surface area contributed by atoms with Crippen molar-refractivity contribution in [2.24, 2.45) is 0 Å². The fourth-order valence-electron chi connectivity index (χ4n) is 2.06. The van der Waals surface area contributed by atoms with Crippen LogP contribution in [0.3, 0.4) is 0 Å². The molecule has 0 aromatic heterocycles. The van der Waals surface area contributed by atoms with Crippen LogP contribution in [0.15, 0.2) is 54.1 Å². The lowest BCUT2D eigenvalue weighted by atomic mass is 10.1. The molecular weight excluding hydrogens is 345 g/mol. The molecule has 2 aromatic rings. The van der Waals surface area contributed by atoms with Crippen molar-refractivity contribution in [1.29, 1.82) is 0 Å². The van der Waals surface area contributed by atoms with Crippen LogP contribution < -0.4 is 5.32 Å². The van der Waals surface area contributed by atoms with Gasteiger partial charge in [-0.1, -0.05) is 53.0 Å². The summed E-state index contributed by atoms with van der Waals surface area (Å²) in [5.41, 5.74) is 3.31. The summed E-state index contributed by atoms with van der Waals surface area (Å²) in [5.74, 6) is -0.285. The molecule has 0 fully saturated rings. The molecule has 2 aromatic carbocycles. The number of nitrogens with one attached hydrogen (secondary N) is 1. The number of hydrogen-bond acceptors (Lipinski definition) is 3. The minimum Gasteiger partial charge on any atom is -0.461 e. The van der Waals surface area contributed by atoms with Gasteiger partial charge in [-0.15, -0.1) is 0 Å². The third kappa shape index (κ3) is 5.29. The maximum Gasteiger partial charge on any atom is 0.310 e. The van der Waals surface area contributed by atoms with Gasteiger partial charge < -0.3 is 10.1 Å². The van der Waals surface area contributed by atoms with E-state index in [1.807, 2.05) is 44.2 Å². The van der Waals surface area contributed by atoms with Crippen LogP contribution >= 0.6 is 23.2 Å². The molecule has 3 nitrogen and oxygen atoms in total. The van der Waals surface area contributed by atoms with E-state index >= 15 is 0 Å². The predicted octanol–water partition coefficient (Wildman–Crippen LogP) is 5.79. The van der Waals surface area contributed by atoms with E-state index in [9.17, 15) is 4.79 Å². The van der Waals surface area contributed by atoms with Gasteiger partial charge in [0.1, 0.15) is 6.61 Å². The first-order valence-corrected chi connectivity index (χ1v) is 8.31. The number of ether oxygens (including phenoxy) is 1. The van der Waals surface area contributed by atoms with E-state index in [0.717, 1.165) is 16.8 Å². The van der Waals surface area contributed by atoms with Crippen LogP contribution in [0.25, 0.3) is 0 Å². The lowest BCUT2D eigenvalue weighted by Crippen LogP contribution is -2.09. The minimum atomic E-state index is -0.285. The summed E-state index contributed by atoms with van der Waals surface area (Å²) in [6.07, 6.45) is 2.04. The maximum absolute atomic E-state index is 12.0. The smallest absolute Gasteiger partial charge is 0.310 e. The average molecular weight is 364 g/mol. The second-order valence-corrected chi connectivity index (χ2v) is 6.33. The Morgan fingerprint density at radius 1 is 1.08 bits per heavy atom. The van der Waals surface area contributed by atoms with Crippen molar-refractivity contribution in [1.82, 2.24) is 0 Å². The molecule has 0 bridgehead atoms. The van der Waals surface area contributed by atoms with E-state index < -0.39 is 0 Å². The normalized spacial score (nSPS) is 10.2. The number of para-hydroxylation sites is 2. The van der Waals surface area contributed by atoms with E-state index in [1.54, 1.807) is 18.2 Å². The van der Waals surface area contributed by atoms with Crippen LogP contribution in [-0.2, 0) is 16.0 Å². The topological polar surface area (TPSA) is 38.3 Å². The molecule has 0 aliphatic heterocycles. The molecule has 24 heavy (non-hydrogen) atoms. The van der Waals surface area contributed by atoms with Gasteiger partial charge in [-0.25, -0.2) is 0 Å². The van der Waals surface area contributed by atoms with Crippen molar-refractivity contribution in [3.8, 4) is 0 Å². The zero-order chi connectivity index (χ0) is 17.5. The second-order valence-electron chi connectivity index (χ2n) is 5.52. The highest BCUT2D eigenvalue weighted by molar-refractivity contribution is 6.39. The molecule has 0 aliphatic carbocycles. The predicted molar refractivity (Wildman–Crippen MR) is 100 cm³/mol. The van der Waals surface area contributed by atoms with Gasteiger partial charge in [-0.2, -0.15) is 0 Å². The van der Waals surface area contributed by atoms with E-state index in [2.05, 4.69) is 5.32 Å². The molecule has 0 saturated carbocycles. The summed E-state index contributed by atoms with van der Waals surface area (Å²) in [5, 5.41) is 4.24. The van der Waals surface area contributed by atoms with Gasteiger partial charge in [-0.05, 0) is 43.7 Å². The number of anilines is 2. The van der Waals surface area contributed by atoms with Crippen LogP contribution in [0, 0.1) is 0 Å². The molecule has 0 saturated heterocycles.